The Bertz CT molecular complexity index is 962. The molecule has 2 aromatic heterocycles. The highest BCUT2D eigenvalue weighted by Gasteiger charge is 2.26. The number of fused-ring (bicyclic) bond motifs is 1. The minimum absolute atomic E-state index is 0.261. The minimum Gasteiger partial charge on any atom is -0.378 e. The van der Waals surface area contributed by atoms with Crippen LogP contribution < -0.4 is 10.6 Å². The van der Waals surface area contributed by atoms with E-state index in [2.05, 4.69) is 45.6 Å². The Morgan fingerprint density at radius 1 is 1.10 bits per heavy atom. The van der Waals surface area contributed by atoms with Crippen molar-refractivity contribution < 1.29 is 4.74 Å². The first-order chi connectivity index (χ1) is 14.8. The van der Waals surface area contributed by atoms with Gasteiger partial charge < -0.3 is 15.4 Å². The smallest absolute Gasteiger partial charge is 0.141 e. The standard InChI is InChI=1S/C24H30N4OS/c25-19(14-20-7-4-12-29-20)13-17-8-10-28(11-9-17)23-22-21(18-5-2-1-3-6-18)15-30-24(22)27-16-26-23/h1-3,5-6,15-17,19-20H,4,7-14,25H2. The van der Waals surface area contributed by atoms with Gasteiger partial charge in [-0.15, -0.1) is 11.3 Å². The summed E-state index contributed by atoms with van der Waals surface area (Å²) < 4.78 is 5.77. The summed E-state index contributed by atoms with van der Waals surface area (Å²) in [6.45, 7) is 2.98. The van der Waals surface area contributed by atoms with Gasteiger partial charge in [-0.25, -0.2) is 9.97 Å². The van der Waals surface area contributed by atoms with E-state index in [1.807, 2.05) is 0 Å². The van der Waals surface area contributed by atoms with E-state index in [1.54, 1.807) is 17.7 Å². The van der Waals surface area contributed by atoms with Gasteiger partial charge in [0.1, 0.15) is 17.0 Å². The fraction of sp³-hybridized carbons (Fsp3) is 0.500. The molecule has 4 heterocycles. The molecule has 2 fully saturated rings. The zero-order chi connectivity index (χ0) is 20.3. The van der Waals surface area contributed by atoms with E-state index in [4.69, 9.17) is 15.5 Å². The molecule has 30 heavy (non-hydrogen) atoms. The molecule has 2 aliphatic heterocycles. The van der Waals surface area contributed by atoms with Crippen molar-refractivity contribution >= 4 is 27.4 Å². The van der Waals surface area contributed by atoms with E-state index in [0.29, 0.717) is 12.0 Å². The number of nitrogens with two attached hydrogens (primary N) is 1. The molecule has 5 rings (SSSR count). The van der Waals surface area contributed by atoms with E-state index < -0.39 is 0 Å². The first-order valence-electron chi connectivity index (χ1n) is 11.2. The van der Waals surface area contributed by atoms with Crippen LogP contribution in [-0.2, 0) is 4.74 Å². The molecule has 0 spiro atoms. The van der Waals surface area contributed by atoms with Crippen LogP contribution in [0.15, 0.2) is 42.0 Å². The van der Waals surface area contributed by atoms with Crippen LogP contribution in [0.25, 0.3) is 21.3 Å². The second kappa shape index (κ2) is 9.00. The normalized spacial score (nSPS) is 21.4. The molecule has 0 aliphatic carbocycles. The lowest BCUT2D eigenvalue weighted by molar-refractivity contribution is 0.0953. The lowest BCUT2D eigenvalue weighted by Gasteiger charge is -2.34. The van der Waals surface area contributed by atoms with Crippen LogP contribution >= 0.6 is 11.3 Å². The number of benzene rings is 1. The van der Waals surface area contributed by atoms with Crippen molar-refractivity contribution in [3.05, 3.63) is 42.0 Å². The van der Waals surface area contributed by atoms with Crippen molar-refractivity contribution in [1.29, 1.82) is 0 Å². The van der Waals surface area contributed by atoms with Crippen LogP contribution in [0.3, 0.4) is 0 Å². The maximum atomic E-state index is 6.46. The Kier molecular flexibility index (Phi) is 5.97. The van der Waals surface area contributed by atoms with E-state index in [1.165, 1.54) is 42.2 Å². The number of nitrogens with zero attached hydrogens (tertiary/aromatic N) is 3. The van der Waals surface area contributed by atoms with E-state index in [-0.39, 0.29) is 6.04 Å². The number of aromatic nitrogens is 2. The Morgan fingerprint density at radius 3 is 2.70 bits per heavy atom. The van der Waals surface area contributed by atoms with Crippen molar-refractivity contribution in [1.82, 2.24) is 9.97 Å². The van der Waals surface area contributed by atoms with Crippen LogP contribution in [-0.4, -0.2) is 41.8 Å². The summed E-state index contributed by atoms with van der Waals surface area (Å²) in [6, 6.07) is 10.8. The second-order valence-corrected chi connectivity index (χ2v) is 9.55. The third-order valence-corrected chi connectivity index (χ3v) is 7.46. The Balaban J connectivity index is 1.27. The molecular weight excluding hydrogens is 392 g/mol. The number of thiophene rings is 1. The molecule has 158 valence electrons. The van der Waals surface area contributed by atoms with Gasteiger partial charge >= 0.3 is 0 Å². The summed E-state index contributed by atoms with van der Waals surface area (Å²) in [4.78, 5) is 12.8. The summed E-state index contributed by atoms with van der Waals surface area (Å²) in [5.41, 5.74) is 8.94. The maximum absolute atomic E-state index is 6.46. The zero-order valence-electron chi connectivity index (χ0n) is 17.4. The molecule has 1 aromatic carbocycles. The minimum atomic E-state index is 0.261. The van der Waals surface area contributed by atoms with Gasteiger partial charge in [-0.2, -0.15) is 0 Å². The van der Waals surface area contributed by atoms with E-state index in [9.17, 15) is 0 Å². The summed E-state index contributed by atoms with van der Waals surface area (Å²) in [7, 11) is 0. The van der Waals surface area contributed by atoms with E-state index >= 15 is 0 Å². The van der Waals surface area contributed by atoms with Gasteiger partial charge in [-0.1, -0.05) is 30.3 Å². The average Bonchev–Trinajstić information content (AvgIpc) is 3.44. The molecule has 0 radical (unpaired) electrons. The average molecular weight is 423 g/mol. The van der Waals surface area contributed by atoms with Crippen LogP contribution in [0.4, 0.5) is 5.82 Å². The summed E-state index contributed by atoms with van der Waals surface area (Å²) in [6.07, 6.45) is 8.96. The predicted octanol–water partition coefficient (Wildman–Crippen LogP) is 4.86. The molecule has 5 nitrogen and oxygen atoms in total. The number of piperidine rings is 1. The van der Waals surface area contributed by atoms with E-state index in [0.717, 1.165) is 43.2 Å². The number of hydrogen-bond acceptors (Lipinski definition) is 6. The lowest BCUT2D eigenvalue weighted by atomic mass is 9.88. The molecular formula is C24H30N4OS. The molecule has 6 heteroatoms. The quantitative estimate of drug-likeness (QED) is 0.614. The van der Waals surface area contributed by atoms with Gasteiger partial charge in [0.15, 0.2) is 0 Å². The highest BCUT2D eigenvalue weighted by atomic mass is 32.1. The molecule has 2 unspecified atom stereocenters. The third kappa shape index (κ3) is 4.22. The molecule has 2 atom stereocenters. The first kappa shape index (κ1) is 19.9. The maximum Gasteiger partial charge on any atom is 0.141 e. The van der Waals surface area contributed by atoms with Gasteiger partial charge in [0.05, 0.1) is 11.5 Å². The number of ether oxygens (including phenoxy) is 1. The molecule has 2 N–H and O–H groups in total. The highest BCUT2D eigenvalue weighted by molar-refractivity contribution is 7.17. The van der Waals surface area contributed by atoms with Gasteiger partial charge in [-0.05, 0) is 50.0 Å². The van der Waals surface area contributed by atoms with Crippen LogP contribution in [0, 0.1) is 5.92 Å². The Hall–Kier alpha value is -2.02. The van der Waals surface area contributed by atoms with Crippen molar-refractivity contribution in [2.75, 3.05) is 24.6 Å². The van der Waals surface area contributed by atoms with Crippen molar-refractivity contribution in [3.63, 3.8) is 0 Å². The monoisotopic (exact) mass is 422 g/mol. The molecule has 2 aliphatic rings. The highest BCUT2D eigenvalue weighted by Crippen LogP contribution is 2.39. The SMILES string of the molecule is NC(CC1CCN(c2ncnc3scc(-c4ccccc4)c23)CC1)CC1CCCO1. The molecule has 0 amide bonds. The first-order valence-corrected chi connectivity index (χ1v) is 12.1. The third-order valence-electron chi connectivity index (χ3n) is 6.57. The predicted molar refractivity (Wildman–Crippen MR) is 124 cm³/mol. The number of anilines is 1. The summed E-state index contributed by atoms with van der Waals surface area (Å²) in [5.74, 6) is 1.79. The Labute approximate surface area is 182 Å². The van der Waals surface area contributed by atoms with Crippen LogP contribution in [0.1, 0.15) is 38.5 Å². The van der Waals surface area contributed by atoms with Crippen molar-refractivity contribution in [3.8, 4) is 11.1 Å². The van der Waals surface area contributed by atoms with Crippen LogP contribution in [0.2, 0.25) is 0 Å². The number of hydrogen-bond donors (Lipinski definition) is 1. The largest absolute Gasteiger partial charge is 0.378 e. The fourth-order valence-corrected chi connectivity index (χ4v) is 5.91. The van der Waals surface area contributed by atoms with Crippen molar-refractivity contribution in [2.45, 2.75) is 50.7 Å². The summed E-state index contributed by atoms with van der Waals surface area (Å²) >= 11 is 1.70. The lowest BCUT2D eigenvalue weighted by Crippen LogP contribution is -2.37. The second-order valence-electron chi connectivity index (χ2n) is 8.69. The van der Waals surface area contributed by atoms with Crippen LogP contribution in [0.5, 0.6) is 0 Å². The number of rotatable bonds is 6. The topological polar surface area (TPSA) is 64.3 Å². The molecule has 3 aromatic rings. The van der Waals surface area contributed by atoms with Crippen molar-refractivity contribution in [2.24, 2.45) is 11.7 Å². The van der Waals surface area contributed by atoms with Gasteiger partial charge in [0.2, 0.25) is 0 Å². The molecule has 0 saturated carbocycles. The Morgan fingerprint density at radius 2 is 1.93 bits per heavy atom. The molecule has 0 bridgehead atoms. The molecule has 2 saturated heterocycles. The fourth-order valence-electron chi connectivity index (χ4n) is 5.00. The van der Waals surface area contributed by atoms with Gasteiger partial charge in [0.25, 0.3) is 0 Å². The zero-order valence-corrected chi connectivity index (χ0v) is 18.2. The summed E-state index contributed by atoms with van der Waals surface area (Å²) in [5, 5.41) is 3.41. The van der Waals surface area contributed by atoms with Gasteiger partial charge in [0, 0.05) is 36.7 Å². The van der Waals surface area contributed by atoms with Gasteiger partial charge in [-0.3, -0.25) is 0 Å².